The molecule has 1 atom stereocenters. The number of aromatic nitrogens is 2. The predicted molar refractivity (Wildman–Crippen MR) is 104 cm³/mol. The van der Waals surface area contributed by atoms with Gasteiger partial charge in [-0.2, -0.15) is 0 Å². The summed E-state index contributed by atoms with van der Waals surface area (Å²) in [6, 6.07) is 5.25. The van der Waals surface area contributed by atoms with Gasteiger partial charge < -0.3 is 9.30 Å². The maximum atomic E-state index is 12.5. The fourth-order valence-corrected chi connectivity index (χ4v) is 5.38. The van der Waals surface area contributed by atoms with Gasteiger partial charge in [-0.15, -0.1) is 0 Å². The third-order valence-electron chi connectivity index (χ3n) is 6.05. The van der Waals surface area contributed by atoms with E-state index >= 15 is 0 Å². The molecule has 2 fully saturated rings. The first-order valence-electron chi connectivity index (χ1n) is 9.62. The molecule has 4 rings (SSSR count). The molecule has 0 amide bonds. The van der Waals surface area contributed by atoms with Gasteiger partial charge in [0, 0.05) is 32.8 Å². The Morgan fingerprint density at radius 3 is 2.78 bits per heavy atom. The van der Waals surface area contributed by atoms with Crippen molar-refractivity contribution >= 4 is 21.1 Å². The lowest BCUT2D eigenvalue weighted by Gasteiger charge is -2.33. The Kier molecular flexibility index (Phi) is 4.78. The lowest BCUT2D eigenvalue weighted by Crippen LogP contribution is -2.44. The van der Waals surface area contributed by atoms with Crippen molar-refractivity contribution in [2.45, 2.75) is 49.7 Å². The highest BCUT2D eigenvalue weighted by molar-refractivity contribution is 7.89. The van der Waals surface area contributed by atoms with E-state index in [1.54, 1.807) is 26.2 Å². The van der Waals surface area contributed by atoms with E-state index in [9.17, 15) is 8.42 Å². The monoisotopic (exact) mass is 392 g/mol. The molecule has 0 bridgehead atoms. The summed E-state index contributed by atoms with van der Waals surface area (Å²) in [4.78, 5) is 7.64. The van der Waals surface area contributed by atoms with E-state index in [1.165, 1.54) is 17.1 Å². The summed E-state index contributed by atoms with van der Waals surface area (Å²) in [7, 11) is -0.367. The van der Waals surface area contributed by atoms with Crippen LogP contribution in [0.2, 0.25) is 0 Å². The first-order chi connectivity index (χ1) is 12.9. The number of aryl methyl sites for hydroxylation is 1. The van der Waals surface area contributed by atoms with E-state index < -0.39 is 10.0 Å². The standard InChI is InChI=1S/C19H28N4O3S/c1-4-23-17-7-6-15(27(24,25)21(2)3)12-16(17)20-18(23)13-22-10-5-8-19(22)9-11-26-14-19/h6-7,12H,4-5,8-11,13-14H2,1-3H3. The van der Waals surface area contributed by atoms with Gasteiger partial charge in [-0.05, 0) is 50.9 Å². The SMILES string of the molecule is CCn1c(CN2CCCC23CCOC3)nc2cc(S(=O)(=O)N(C)C)ccc21. The number of ether oxygens (including phenoxy) is 1. The van der Waals surface area contributed by atoms with Crippen LogP contribution in [0.4, 0.5) is 0 Å². The smallest absolute Gasteiger partial charge is 0.242 e. The number of benzene rings is 1. The molecule has 0 N–H and O–H groups in total. The highest BCUT2D eigenvalue weighted by Gasteiger charge is 2.44. The summed E-state index contributed by atoms with van der Waals surface area (Å²) in [5.74, 6) is 1.00. The van der Waals surface area contributed by atoms with Crippen molar-refractivity contribution in [3.05, 3.63) is 24.0 Å². The van der Waals surface area contributed by atoms with Crippen molar-refractivity contribution in [3.8, 4) is 0 Å². The molecular weight excluding hydrogens is 364 g/mol. The zero-order valence-corrected chi connectivity index (χ0v) is 17.1. The quantitative estimate of drug-likeness (QED) is 0.779. The van der Waals surface area contributed by atoms with Crippen LogP contribution in [0, 0.1) is 0 Å². The fourth-order valence-electron chi connectivity index (χ4n) is 4.46. The van der Waals surface area contributed by atoms with Gasteiger partial charge in [0.15, 0.2) is 0 Å². The fraction of sp³-hybridized carbons (Fsp3) is 0.632. The minimum atomic E-state index is -3.46. The van der Waals surface area contributed by atoms with Gasteiger partial charge in [-0.1, -0.05) is 0 Å². The number of imidazole rings is 1. The summed E-state index contributed by atoms with van der Waals surface area (Å²) >= 11 is 0. The van der Waals surface area contributed by atoms with Crippen LogP contribution in [0.1, 0.15) is 32.0 Å². The molecule has 2 saturated heterocycles. The van der Waals surface area contributed by atoms with Gasteiger partial charge >= 0.3 is 0 Å². The van der Waals surface area contributed by atoms with E-state index in [0.29, 0.717) is 0 Å². The van der Waals surface area contributed by atoms with Gasteiger partial charge in [0.2, 0.25) is 10.0 Å². The van der Waals surface area contributed by atoms with Gasteiger partial charge in [-0.3, -0.25) is 4.90 Å². The first kappa shape index (κ1) is 18.9. The zero-order valence-electron chi connectivity index (χ0n) is 16.3. The second-order valence-corrected chi connectivity index (χ2v) is 9.91. The summed E-state index contributed by atoms with van der Waals surface area (Å²) in [5.41, 5.74) is 1.89. The first-order valence-corrected chi connectivity index (χ1v) is 11.1. The van der Waals surface area contributed by atoms with E-state index in [4.69, 9.17) is 9.72 Å². The van der Waals surface area contributed by atoms with E-state index in [-0.39, 0.29) is 10.4 Å². The number of fused-ring (bicyclic) bond motifs is 1. The average Bonchev–Trinajstić information content (AvgIpc) is 3.34. The number of rotatable bonds is 5. The molecule has 0 aliphatic carbocycles. The summed E-state index contributed by atoms with van der Waals surface area (Å²) in [5, 5.41) is 0. The molecule has 1 aromatic heterocycles. The van der Waals surface area contributed by atoms with E-state index in [1.807, 2.05) is 6.07 Å². The van der Waals surface area contributed by atoms with E-state index in [2.05, 4.69) is 16.4 Å². The largest absolute Gasteiger partial charge is 0.379 e. The zero-order chi connectivity index (χ0) is 19.2. The lowest BCUT2D eigenvalue weighted by atomic mass is 9.95. The Morgan fingerprint density at radius 2 is 2.11 bits per heavy atom. The highest BCUT2D eigenvalue weighted by atomic mass is 32.2. The number of sulfonamides is 1. The maximum absolute atomic E-state index is 12.5. The Labute approximate surface area is 161 Å². The molecule has 1 spiro atoms. The Balaban J connectivity index is 1.71. The van der Waals surface area contributed by atoms with Crippen LogP contribution in [0.25, 0.3) is 11.0 Å². The summed E-state index contributed by atoms with van der Waals surface area (Å²) in [6.07, 6.45) is 3.47. The molecule has 7 nitrogen and oxygen atoms in total. The normalized spacial score (nSPS) is 24.0. The molecule has 2 aliphatic heterocycles. The van der Waals surface area contributed by atoms with Crippen molar-refractivity contribution in [3.63, 3.8) is 0 Å². The van der Waals surface area contributed by atoms with Gasteiger partial charge in [0.25, 0.3) is 0 Å². The predicted octanol–water partition coefficient (Wildman–Crippen LogP) is 2.06. The number of hydrogen-bond donors (Lipinski definition) is 0. The molecule has 2 aliphatic rings. The Hall–Kier alpha value is -1.48. The van der Waals surface area contributed by atoms with Crippen molar-refractivity contribution in [2.24, 2.45) is 0 Å². The van der Waals surface area contributed by atoms with Crippen LogP contribution < -0.4 is 0 Å². The number of likely N-dealkylation sites (tertiary alicyclic amines) is 1. The van der Waals surface area contributed by atoms with Gasteiger partial charge in [0.05, 0.1) is 29.1 Å². The van der Waals surface area contributed by atoms with Crippen molar-refractivity contribution in [1.82, 2.24) is 18.8 Å². The highest BCUT2D eigenvalue weighted by Crippen LogP contribution is 2.37. The van der Waals surface area contributed by atoms with Gasteiger partial charge in [0.1, 0.15) is 5.82 Å². The molecule has 0 radical (unpaired) electrons. The van der Waals surface area contributed by atoms with Crippen LogP contribution in [-0.2, 0) is 27.8 Å². The second kappa shape index (κ2) is 6.84. The van der Waals surface area contributed by atoms with Crippen LogP contribution in [-0.4, -0.2) is 66.6 Å². The van der Waals surface area contributed by atoms with Crippen LogP contribution in [0.3, 0.4) is 0 Å². The minimum absolute atomic E-state index is 0.163. The summed E-state index contributed by atoms with van der Waals surface area (Å²) < 4.78 is 34.0. The lowest BCUT2D eigenvalue weighted by molar-refractivity contribution is 0.0933. The second-order valence-electron chi connectivity index (χ2n) is 7.76. The molecule has 2 aromatic rings. The molecule has 1 aromatic carbocycles. The molecule has 3 heterocycles. The molecule has 148 valence electrons. The molecule has 27 heavy (non-hydrogen) atoms. The minimum Gasteiger partial charge on any atom is -0.379 e. The van der Waals surface area contributed by atoms with Crippen molar-refractivity contribution in [2.75, 3.05) is 33.9 Å². The third kappa shape index (κ3) is 3.08. The van der Waals surface area contributed by atoms with Crippen LogP contribution in [0.5, 0.6) is 0 Å². The molecule has 1 unspecified atom stereocenters. The number of hydrogen-bond acceptors (Lipinski definition) is 5. The average molecular weight is 393 g/mol. The van der Waals surface area contributed by atoms with Crippen molar-refractivity contribution in [1.29, 1.82) is 0 Å². The van der Waals surface area contributed by atoms with E-state index in [0.717, 1.165) is 56.1 Å². The van der Waals surface area contributed by atoms with Crippen LogP contribution in [0.15, 0.2) is 23.1 Å². The molecule has 8 heteroatoms. The van der Waals surface area contributed by atoms with Crippen LogP contribution >= 0.6 is 0 Å². The van der Waals surface area contributed by atoms with Gasteiger partial charge in [-0.25, -0.2) is 17.7 Å². The maximum Gasteiger partial charge on any atom is 0.242 e. The third-order valence-corrected chi connectivity index (χ3v) is 7.86. The summed E-state index contributed by atoms with van der Waals surface area (Å²) in [6.45, 7) is 6.41. The van der Waals surface area contributed by atoms with Crippen molar-refractivity contribution < 1.29 is 13.2 Å². The molecular formula is C19H28N4O3S. The molecule has 0 saturated carbocycles. The Bertz CT molecular complexity index is 940. The number of nitrogens with zero attached hydrogens (tertiary/aromatic N) is 4. The Morgan fingerprint density at radius 1 is 1.30 bits per heavy atom. The topological polar surface area (TPSA) is 67.7 Å².